The number of fused-ring (bicyclic) bond motifs is 9. The zero-order valence-corrected chi connectivity index (χ0v) is 34.5. The lowest BCUT2D eigenvalue weighted by atomic mass is 9.65. The van der Waals surface area contributed by atoms with E-state index in [2.05, 4.69) is 191 Å². The van der Waals surface area contributed by atoms with Crippen LogP contribution in [-0.4, -0.2) is 42.2 Å². The van der Waals surface area contributed by atoms with Gasteiger partial charge in [0.2, 0.25) is 0 Å². The van der Waals surface area contributed by atoms with Crippen LogP contribution in [0.3, 0.4) is 0 Å². The third-order valence-corrected chi connectivity index (χ3v) is 13.4. The lowest BCUT2D eigenvalue weighted by molar-refractivity contribution is 0.359. The fourth-order valence-electron chi connectivity index (χ4n) is 10.2. The van der Waals surface area contributed by atoms with Crippen LogP contribution in [0.4, 0.5) is 0 Å². The van der Waals surface area contributed by atoms with E-state index in [9.17, 15) is 0 Å². The van der Waals surface area contributed by atoms with Crippen molar-refractivity contribution in [1.29, 1.82) is 0 Å². The van der Waals surface area contributed by atoms with Crippen LogP contribution in [0.5, 0.6) is 11.5 Å². The second-order valence-electron chi connectivity index (χ2n) is 17.4. The Morgan fingerprint density at radius 1 is 0.733 bits per heavy atom. The summed E-state index contributed by atoms with van der Waals surface area (Å²) in [6, 6.07) is 41.8. The highest BCUT2D eigenvalue weighted by molar-refractivity contribution is 6.13. The van der Waals surface area contributed by atoms with Crippen molar-refractivity contribution < 1.29 is 4.74 Å². The molecule has 3 aliphatic carbocycles. The lowest BCUT2D eigenvalue weighted by Gasteiger charge is -2.41. The Morgan fingerprint density at radius 3 is 2.17 bits per heavy atom. The summed E-state index contributed by atoms with van der Waals surface area (Å²) >= 11 is 0. The molecule has 5 aromatic carbocycles. The molecule has 0 bridgehead atoms. The van der Waals surface area contributed by atoms with E-state index >= 15 is 0 Å². The normalized spacial score (nSPS) is 24.2. The highest BCUT2D eigenvalue weighted by Crippen LogP contribution is 2.63. The summed E-state index contributed by atoms with van der Waals surface area (Å²) in [6.07, 6.45) is 16.7. The average Bonchev–Trinajstić information content (AvgIpc) is 3.58. The van der Waals surface area contributed by atoms with Crippen LogP contribution >= 0.6 is 0 Å². The number of para-hydroxylation sites is 2. The van der Waals surface area contributed by atoms with Gasteiger partial charge in [0, 0.05) is 40.9 Å². The molecule has 6 nitrogen and oxygen atoms in total. The van der Waals surface area contributed by atoms with Crippen LogP contribution in [-0.2, 0) is 10.8 Å². The Hall–Kier alpha value is -6.66. The van der Waals surface area contributed by atoms with Crippen LogP contribution in [0.15, 0.2) is 183 Å². The minimum absolute atomic E-state index is 0.314. The van der Waals surface area contributed by atoms with E-state index in [1.807, 2.05) is 0 Å². The van der Waals surface area contributed by atoms with Crippen LogP contribution in [0, 0.1) is 11.8 Å². The van der Waals surface area contributed by atoms with Gasteiger partial charge in [-0.15, -0.1) is 0 Å². The van der Waals surface area contributed by atoms with Crippen molar-refractivity contribution in [3.8, 4) is 22.6 Å². The predicted octanol–water partition coefficient (Wildman–Crippen LogP) is 11.7. The number of rotatable bonds is 5. The van der Waals surface area contributed by atoms with Gasteiger partial charge in [-0.05, 0) is 76.6 Å². The number of ether oxygens (including phenoxy) is 1. The van der Waals surface area contributed by atoms with Crippen LogP contribution in [0.2, 0.25) is 0 Å². The summed E-state index contributed by atoms with van der Waals surface area (Å²) in [5.41, 5.74) is 12.0. The molecule has 11 rings (SSSR count). The fourth-order valence-corrected chi connectivity index (χ4v) is 10.2. The van der Waals surface area contributed by atoms with E-state index in [0.29, 0.717) is 18.4 Å². The van der Waals surface area contributed by atoms with E-state index in [-0.39, 0.29) is 5.41 Å². The molecule has 4 unspecified atom stereocenters. The maximum absolute atomic E-state index is 7.12. The SMILES string of the molecule is CC1C=CC=C(C2=NC(c3cccc4c3Oc3ccccc3C43c4ccccc4-c4ccccc43)N(C)C(c3ccc(C4(C)C=NC(C5=CC=CCC5C)=NC4)cc3)=N2)C1. The molecule has 3 heterocycles. The molecule has 0 radical (unpaired) electrons. The lowest BCUT2D eigenvalue weighted by Crippen LogP contribution is -2.37. The Labute approximate surface area is 352 Å². The third-order valence-electron chi connectivity index (χ3n) is 13.4. The van der Waals surface area contributed by atoms with Crippen molar-refractivity contribution in [2.75, 3.05) is 13.6 Å². The quantitative estimate of drug-likeness (QED) is 0.175. The van der Waals surface area contributed by atoms with Crippen molar-refractivity contribution in [3.05, 3.63) is 202 Å². The van der Waals surface area contributed by atoms with Gasteiger partial charge in [-0.2, -0.15) is 0 Å². The first-order valence-electron chi connectivity index (χ1n) is 21.3. The number of allylic oxidation sites excluding steroid dienone is 6. The number of benzene rings is 5. The summed E-state index contributed by atoms with van der Waals surface area (Å²) in [5, 5.41) is 0. The molecule has 6 aliphatic rings. The first-order valence-corrected chi connectivity index (χ1v) is 21.3. The van der Waals surface area contributed by atoms with Gasteiger partial charge in [-0.1, -0.05) is 159 Å². The minimum Gasteiger partial charge on any atom is -0.456 e. The summed E-state index contributed by atoms with van der Waals surface area (Å²) < 4.78 is 7.12. The Kier molecular flexibility index (Phi) is 8.49. The largest absolute Gasteiger partial charge is 0.456 e. The van der Waals surface area contributed by atoms with Crippen molar-refractivity contribution in [2.24, 2.45) is 31.8 Å². The van der Waals surface area contributed by atoms with Crippen LogP contribution < -0.4 is 4.74 Å². The molecule has 3 aliphatic heterocycles. The van der Waals surface area contributed by atoms with E-state index < -0.39 is 11.6 Å². The highest BCUT2D eigenvalue weighted by atomic mass is 16.5. The summed E-state index contributed by atoms with van der Waals surface area (Å²) in [7, 11) is 2.11. The molecule has 5 aromatic rings. The third kappa shape index (κ3) is 5.53. The molecular formula is C54H47N5O. The standard InChI is InChI=1S/C54H47N5O/c1-34-15-13-17-37(31-34)49-57-51(36-27-29-38(30-28-36)53(3)32-55-50(56-33-53)39-18-6-5-16-35(39)2)59(4)52(58-49)42-21-14-25-46-48(42)60-47-26-12-11-24-45(47)54(46)43-22-9-7-19-40(43)41-20-8-10-23-44(41)54/h5-15,17-30,32,34-35,52H,16,31,33H2,1-4H3. The molecule has 1 spiro atoms. The molecule has 294 valence electrons. The summed E-state index contributed by atoms with van der Waals surface area (Å²) in [4.78, 5) is 23.0. The van der Waals surface area contributed by atoms with Crippen molar-refractivity contribution in [2.45, 2.75) is 50.6 Å². The number of hydrogen-bond donors (Lipinski definition) is 0. The molecule has 60 heavy (non-hydrogen) atoms. The van der Waals surface area contributed by atoms with Crippen molar-refractivity contribution in [1.82, 2.24) is 4.90 Å². The molecule has 0 aromatic heterocycles. The first-order chi connectivity index (χ1) is 29.3. The van der Waals surface area contributed by atoms with Crippen LogP contribution in [0.1, 0.15) is 78.7 Å². The van der Waals surface area contributed by atoms with Crippen molar-refractivity contribution in [3.63, 3.8) is 0 Å². The maximum Gasteiger partial charge on any atom is 0.155 e. The molecular weight excluding hydrogens is 735 g/mol. The second-order valence-corrected chi connectivity index (χ2v) is 17.4. The Morgan fingerprint density at radius 2 is 1.45 bits per heavy atom. The van der Waals surface area contributed by atoms with Gasteiger partial charge in [0.25, 0.3) is 0 Å². The number of hydrogen-bond acceptors (Lipinski definition) is 6. The Balaban J connectivity index is 1.01. The highest BCUT2D eigenvalue weighted by Gasteiger charge is 2.52. The first kappa shape index (κ1) is 36.4. The molecule has 0 saturated carbocycles. The summed E-state index contributed by atoms with van der Waals surface area (Å²) in [5.74, 6) is 5.03. The van der Waals surface area contributed by atoms with E-state index in [4.69, 9.17) is 24.7 Å². The van der Waals surface area contributed by atoms with Gasteiger partial charge in [-0.3, -0.25) is 4.99 Å². The van der Waals surface area contributed by atoms with E-state index in [0.717, 1.165) is 69.7 Å². The van der Waals surface area contributed by atoms with Gasteiger partial charge in [-0.25, -0.2) is 15.0 Å². The van der Waals surface area contributed by atoms with E-state index in [1.165, 1.54) is 33.4 Å². The zero-order valence-electron chi connectivity index (χ0n) is 34.5. The molecule has 0 N–H and O–H groups in total. The fraction of sp³-hybridized carbons (Fsp3) is 0.222. The van der Waals surface area contributed by atoms with E-state index in [1.54, 1.807) is 0 Å². The van der Waals surface area contributed by atoms with Gasteiger partial charge < -0.3 is 9.64 Å². The topological polar surface area (TPSA) is 61.9 Å². The van der Waals surface area contributed by atoms with Gasteiger partial charge in [0.1, 0.15) is 23.2 Å². The zero-order chi connectivity index (χ0) is 40.6. The summed E-state index contributed by atoms with van der Waals surface area (Å²) in [6.45, 7) is 7.37. The number of nitrogens with zero attached hydrogens (tertiary/aromatic N) is 5. The van der Waals surface area contributed by atoms with Gasteiger partial charge >= 0.3 is 0 Å². The number of aliphatic imine (C=N–C) groups is 4. The van der Waals surface area contributed by atoms with Gasteiger partial charge in [0.15, 0.2) is 12.0 Å². The molecule has 0 fully saturated rings. The average molecular weight is 782 g/mol. The minimum atomic E-state index is -0.558. The molecule has 6 heteroatoms. The molecule has 0 saturated heterocycles. The van der Waals surface area contributed by atoms with Crippen LogP contribution in [0.25, 0.3) is 11.1 Å². The molecule has 0 amide bonds. The second kappa shape index (κ2) is 14.0. The maximum atomic E-state index is 7.12. The van der Waals surface area contributed by atoms with Crippen molar-refractivity contribution >= 4 is 23.7 Å². The monoisotopic (exact) mass is 781 g/mol. The number of amidine groups is 3. The smallest absolute Gasteiger partial charge is 0.155 e. The Bertz CT molecular complexity index is 2810. The predicted molar refractivity (Wildman–Crippen MR) is 245 cm³/mol. The molecule has 4 atom stereocenters. The van der Waals surface area contributed by atoms with Gasteiger partial charge in [0.05, 0.1) is 12.0 Å².